The SMILES string of the molecule is CCCNCCC(=O)Nc1ccc(C(=O)O)c(O)c1. The number of amides is 1. The van der Waals surface area contributed by atoms with Crippen molar-refractivity contribution in [1.82, 2.24) is 5.32 Å². The minimum atomic E-state index is -1.21. The van der Waals surface area contributed by atoms with Crippen LogP contribution in [0.1, 0.15) is 30.1 Å². The molecule has 0 bridgehead atoms. The number of nitrogens with one attached hydrogen (secondary N) is 2. The number of benzene rings is 1. The molecule has 0 fully saturated rings. The normalized spacial score (nSPS) is 10.2. The van der Waals surface area contributed by atoms with Crippen LogP contribution in [0.4, 0.5) is 5.69 Å². The van der Waals surface area contributed by atoms with Crippen molar-refractivity contribution in [3.8, 4) is 5.75 Å². The summed E-state index contributed by atoms with van der Waals surface area (Å²) < 4.78 is 0. The lowest BCUT2D eigenvalue weighted by atomic mass is 10.2. The molecule has 4 N–H and O–H groups in total. The number of aromatic hydroxyl groups is 1. The van der Waals surface area contributed by atoms with E-state index < -0.39 is 5.97 Å². The number of carboxylic acid groups (broad SMARTS) is 1. The molecule has 19 heavy (non-hydrogen) atoms. The van der Waals surface area contributed by atoms with Gasteiger partial charge in [0, 0.05) is 24.7 Å². The van der Waals surface area contributed by atoms with Crippen molar-refractivity contribution in [2.45, 2.75) is 19.8 Å². The maximum Gasteiger partial charge on any atom is 0.339 e. The van der Waals surface area contributed by atoms with Crippen molar-refractivity contribution >= 4 is 17.6 Å². The van der Waals surface area contributed by atoms with Gasteiger partial charge >= 0.3 is 5.97 Å². The standard InChI is InChI=1S/C13H18N2O4/c1-2-6-14-7-5-12(17)15-9-3-4-10(13(18)19)11(16)8-9/h3-4,8,14,16H,2,5-7H2,1H3,(H,15,17)(H,18,19). The Morgan fingerprint density at radius 1 is 1.26 bits per heavy atom. The second kappa shape index (κ2) is 7.38. The monoisotopic (exact) mass is 266 g/mol. The van der Waals surface area contributed by atoms with Crippen LogP contribution in [0.2, 0.25) is 0 Å². The average molecular weight is 266 g/mol. The van der Waals surface area contributed by atoms with Crippen LogP contribution >= 0.6 is 0 Å². The topological polar surface area (TPSA) is 98.7 Å². The quantitative estimate of drug-likeness (QED) is 0.559. The fourth-order valence-corrected chi connectivity index (χ4v) is 1.52. The van der Waals surface area contributed by atoms with Crippen LogP contribution in [-0.4, -0.2) is 35.2 Å². The van der Waals surface area contributed by atoms with Gasteiger partial charge in [-0.15, -0.1) is 0 Å². The highest BCUT2D eigenvalue weighted by molar-refractivity contribution is 5.94. The molecule has 1 amide bonds. The molecule has 0 spiro atoms. The molecule has 6 nitrogen and oxygen atoms in total. The highest BCUT2D eigenvalue weighted by Gasteiger charge is 2.10. The predicted molar refractivity (Wildman–Crippen MR) is 71.5 cm³/mol. The van der Waals surface area contributed by atoms with E-state index in [9.17, 15) is 14.7 Å². The Hall–Kier alpha value is -2.08. The van der Waals surface area contributed by atoms with E-state index >= 15 is 0 Å². The molecule has 6 heteroatoms. The van der Waals surface area contributed by atoms with Crippen molar-refractivity contribution < 1.29 is 19.8 Å². The fraction of sp³-hybridized carbons (Fsp3) is 0.385. The van der Waals surface area contributed by atoms with Crippen molar-refractivity contribution in [3.05, 3.63) is 23.8 Å². The summed E-state index contributed by atoms with van der Waals surface area (Å²) in [4.78, 5) is 22.3. The van der Waals surface area contributed by atoms with E-state index in [-0.39, 0.29) is 17.2 Å². The second-order valence-electron chi connectivity index (χ2n) is 4.09. The Bertz CT molecular complexity index is 460. The smallest absolute Gasteiger partial charge is 0.339 e. The van der Waals surface area contributed by atoms with E-state index in [0.717, 1.165) is 13.0 Å². The van der Waals surface area contributed by atoms with Crippen molar-refractivity contribution in [2.24, 2.45) is 0 Å². The number of anilines is 1. The summed E-state index contributed by atoms with van der Waals surface area (Å²) in [7, 11) is 0. The third-order valence-corrected chi connectivity index (χ3v) is 2.47. The van der Waals surface area contributed by atoms with E-state index in [0.29, 0.717) is 18.7 Å². The summed E-state index contributed by atoms with van der Waals surface area (Å²) in [5, 5.41) is 23.9. The van der Waals surface area contributed by atoms with Crippen LogP contribution in [-0.2, 0) is 4.79 Å². The zero-order valence-corrected chi connectivity index (χ0v) is 10.8. The highest BCUT2D eigenvalue weighted by atomic mass is 16.4. The van der Waals surface area contributed by atoms with Crippen LogP contribution in [0.3, 0.4) is 0 Å². The molecule has 0 radical (unpaired) electrons. The highest BCUT2D eigenvalue weighted by Crippen LogP contribution is 2.21. The largest absolute Gasteiger partial charge is 0.507 e. The summed E-state index contributed by atoms with van der Waals surface area (Å²) >= 11 is 0. The van der Waals surface area contributed by atoms with Gasteiger partial charge < -0.3 is 20.8 Å². The summed E-state index contributed by atoms with van der Waals surface area (Å²) in [5.41, 5.74) is 0.186. The lowest BCUT2D eigenvalue weighted by Gasteiger charge is -2.07. The van der Waals surface area contributed by atoms with Crippen LogP contribution in [0, 0.1) is 0 Å². The number of carboxylic acids is 1. The van der Waals surface area contributed by atoms with Gasteiger partial charge in [0.25, 0.3) is 0 Å². The third kappa shape index (κ3) is 4.97. The molecule has 0 aliphatic rings. The number of aromatic carboxylic acids is 1. The lowest BCUT2D eigenvalue weighted by molar-refractivity contribution is -0.116. The molecule has 0 saturated carbocycles. The van der Waals surface area contributed by atoms with Crippen LogP contribution in [0.15, 0.2) is 18.2 Å². The van der Waals surface area contributed by atoms with Gasteiger partial charge in [0.05, 0.1) is 0 Å². The molecule has 0 saturated heterocycles. The van der Waals surface area contributed by atoms with Crippen molar-refractivity contribution in [1.29, 1.82) is 0 Å². The number of hydrogen-bond acceptors (Lipinski definition) is 4. The summed E-state index contributed by atoms with van der Waals surface area (Å²) in [6.07, 6.45) is 1.33. The van der Waals surface area contributed by atoms with Crippen LogP contribution < -0.4 is 10.6 Å². The van der Waals surface area contributed by atoms with Crippen LogP contribution in [0.5, 0.6) is 5.75 Å². The van der Waals surface area contributed by atoms with E-state index in [1.165, 1.54) is 18.2 Å². The molecular weight excluding hydrogens is 248 g/mol. The van der Waals surface area contributed by atoms with Crippen molar-refractivity contribution in [3.63, 3.8) is 0 Å². The first-order valence-corrected chi connectivity index (χ1v) is 6.11. The molecule has 0 aromatic heterocycles. The predicted octanol–water partition coefficient (Wildman–Crippen LogP) is 1.42. The molecule has 104 valence electrons. The summed E-state index contributed by atoms with van der Waals surface area (Å²) in [6.45, 7) is 3.49. The molecule has 1 aromatic rings. The Balaban J connectivity index is 2.51. The first kappa shape index (κ1) is 15.0. The number of phenols is 1. The van der Waals surface area contributed by atoms with E-state index in [2.05, 4.69) is 10.6 Å². The van der Waals surface area contributed by atoms with Gasteiger partial charge in [-0.1, -0.05) is 6.92 Å². The van der Waals surface area contributed by atoms with E-state index in [4.69, 9.17) is 5.11 Å². The first-order chi connectivity index (χ1) is 9.04. The van der Waals surface area contributed by atoms with Gasteiger partial charge in [-0.05, 0) is 25.1 Å². The van der Waals surface area contributed by atoms with Gasteiger partial charge in [-0.3, -0.25) is 4.79 Å². The van der Waals surface area contributed by atoms with Crippen LogP contribution in [0.25, 0.3) is 0 Å². The molecule has 0 aliphatic carbocycles. The number of carbonyl (C=O) groups is 2. The number of carbonyl (C=O) groups excluding carboxylic acids is 1. The molecule has 0 aliphatic heterocycles. The third-order valence-electron chi connectivity index (χ3n) is 2.47. The Kier molecular flexibility index (Phi) is 5.81. The van der Waals surface area contributed by atoms with E-state index in [1.807, 2.05) is 6.92 Å². The Morgan fingerprint density at radius 3 is 2.58 bits per heavy atom. The van der Waals surface area contributed by atoms with E-state index in [1.54, 1.807) is 0 Å². The van der Waals surface area contributed by atoms with Gasteiger partial charge in [0.1, 0.15) is 11.3 Å². The summed E-state index contributed by atoms with van der Waals surface area (Å²) in [6, 6.07) is 3.92. The Labute approximate surface area is 111 Å². The maximum atomic E-state index is 11.6. The minimum Gasteiger partial charge on any atom is -0.507 e. The lowest BCUT2D eigenvalue weighted by Crippen LogP contribution is -2.22. The Morgan fingerprint density at radius 2 is 2.00 bits per heavy atom. The van der Waals surface area contributed by atoms with Gasteiger partial charge in [-0.2, -0.15) is 0 Å². The number of rotatable bonds is 7. The molecule has 0 atom stereocenters. The van der Waals surface area contributed by atoms with Gasteiger partial charge in [0.2, 0.25) is 5.91 Å². The minimum absolute atomic E-state index is 0.189. The zero-order chi connectivity index (χ0) is 14.3. The van der Waals surface area contributed by atoms with Crippen molar-refractivity contribution in [2.75, 3.05) is 18.4 Å². The average Bonchev–Trinajstić information content (AvgIpc) is 2.34. The first-order valence-electron chi connectivity index (χ1n) is 6.11. The zero-order valence-electron chi connectivity index (χ0n) is 10.8. The van der Waals surface area contributed by atoms with Gasteiger partial charge in [0.15, 0.2) is 0 Å². The fourth-order valence-electron chi connectivity index (χ4n) is 1.52. The molecule has 0 heterocycles. The molecule has 1 rings (SSSR count). The number of hydrogen-bond donors (Lipinski definition) is 4. The second-order valence-corrected chi connectivity index (χ2v) is 4.09. The molecule has 0 unspecified atom stereocenters. The summed E-state index contributed by atoms with van der Waals surface area (Å²) in [5.74, 6) is -1.76. The maximum absolute atomic E-state index is 11.6. The molecule has 1 aromatic carbocycles. The molecular formula is C13H18N2O4. The van der Waals surface area contributed by atoms with Gasteiger partial charge in [-0.25, -0.2) is 4.79 Å².